The monoisotopic (exact) mass is 271 g/mol. The van der Waals surface area contributed by atoms with Crippen molar-refractivity contribution in [2.45, 2.75) is 32.7 Å². The molecule has 0 atom stereocenters. The second kappa shape index (κ2) is 9.08. The maximum atomic E-state index is 10.7. The van der Waals surface area contributed by atoms with E-state index in [1.807, 2.05) is 0 Å². The topological polar surface area (TPSA) is 58.6 Å². The van der Waals surface area contributed by atoms with Crippen molar-refractivity contribution in [3.8, 4) is 0 Å². The zero-order chi connectivity index (χ0) is 13.2. The zero-order valence-corrected chi connectivity index (χ0v) is 11.6. The second-order valence-electron chi connectivity index (χ2n) is 4.10. The van der Waals surface area contributed by atoms with Gasteiger partial charge in [-0.15, -0.1) is 11.3 Å². The van der Waals surface area contributed by atoms with Crippen molar-refractivity contribution in [3.05, 3.63) is 21.9 Å². The van der Waals surface area contributed by atoms with Crippen LogP contribution in [0.25, 0.3) is 0 Å². The Kier molecular flexibility index (Phi) is 7.64. The van der Waals surface area contributed by atoms with Gasteiger partial charge in [-0.25, -0.2) is 4.79 Å². The van der Waals surface area contributed by atoms with Gasteiger partial charge < -0.3 is 15.2 Å². The molecule has 4 nitrogen and oxygen atoms in total. The zero-order valence-electron chi connectivity index (χ0n) is 10.8. The summed E-state index contributed by atoms with van der Waals surface area (Å²) < 4.78 is 5.45. The Balaban J connectivity index is 2.02. The van der Waals surface area contributed by atoms with Gasteiger partial charge in [0.2, 0.25) is 0 Å². The molecule has 2 N–H and O–H groups in total. The molecule has 0 bridgehead atoms. The average molecular weight is 271 g/mol. The number of carboxylic acid groups (broad SMARTS) is 1. The minimum absolute atomic E-state index is 0.375. The Morgan fingerprint density at radius 2 is 2.22 bits per heavy atom. The molecule has 5 heteroatoms. The Bertz CT molecular complexity index is 352. The van der Waals surface area contributed by atoms with Crippen LogP contribution in [0.1, 0.15) is 41.4 Å². The fourth-order valence-electron chi connectivity index (χ4n) is 1.44. The van der Waals surface area contributed by atoms with Gasteiger partial charge >= 0.3 is 5.97 Å². The normalized spacial score (nSPS) is 10.7. The number of ether oxygens (including phenoxy) is 1. The molecule has 0 aliphatic carbocycles. The smallest absolute Gasteiger partial charge is 0.336 e. The molecular formula is C13H21NO3S. The molecule has 1 aromatic rings. The van der Waals surface area contributed by atoms with Crippen LogP contribution in [0, 0.1) is 0 Å². The molecule has 18 heavy (non-hydrogen) atoms. The fraction of sp³-hybridized carbons (Fsp3) is 0.615. The summed E-state index contributed by atoms with van der Waals surface area (Å²) in [4.78, 5) is 11.7. The van der Waals surface area contributed by atoms with E-state index in [1.165, 1.54) is 17.8 Å². The average Bonchev–Trinajstić information content (AvgIpc) is 2.81. The van der Waals surface area contributed by atoms with Gasteiger partial charge in [0.05, 0.1) is 5.56 Å². The quantitative estimate of drug-likeness (QED) is 0.642. The van der Waals surface area contributed by atoms with Gasteiger partial charge in [-0.05, 0) is 25.5 Å². The maximum Gasteiger partial charge on any atom is 0.336 e. The minimum Gasteiger partial charge on any atom is -0.478 e. The summed E-state index contributed by atoms with van der Waals surface area (Å²) in [5.74, 6) is -0.859. The van der Waals surface area contributed by atoms with Crippen molar-refractivity contribution in [1.82, 2.24) is 5.32 Å². The molecule has 0 aliphatic rings. The van der Waals surface area contributed by atoms with E-state index in [9.17, 15) is 4.79 Å². The predicted molar refractivity (Wildman–Crippen MR) is 73.3 cm³/mol. The number of hydrogen-bond donors (Lipinski definition) is 2. The predicted octanol–water partition coefficient (Wildman–Crippen LogP) is 2.74. The largest absolute Gasteiger partial charge is 0.478 e. The van der Waals surface area contributed by atoms with E-state index >= 15 is 0 Å². The molecule has 1 rings (SSSR count). The van der Waals surface area contributed by atoms with Crippen molar-refractivity contribution in [2.24, 2.45) is 0 Å². The molecule has 0 aliphatic heterocycles. The Morgan fingerprint density at radius 1 is 1.44 bits per heavy atom. The molecular weight excluding hydrogens is 250 g/mol. The number of carbonyl (C=O) groups is 1. The third kappa shape index (κ3) is 6.14. The first kappa shape index (κ1) is 15.1. The van der Waals surface area contributed by atoms with Gasteiger partial charge in [-0.1, -0.05) is 13.3 Å². The second-order valence-corrected chi connectivity index (χ2v) is 5.10. The van der Waals surface area contributed by atoms with Gasteiger partial charge in [-0.3, -0.25) is 0 Å². The summed E-state index contributed by atoms with van der Waals surface area (Å²) in [5, 5.41) is 13.7. The van der Waals surface area contributed by atoms with Gasteiger partial charge in [0, 0.05) is 30.0 Å². The molecule has 0 saturated carbocycles. The molecule has 0 fully saturated rings. The third-order valence-corrected chi connectivity index (χ3v) is 3.42. The lowest BCUT2D eigenvalue weighted by Gasteiger charge is -2.04. The molecule has 102 valence electrons. The van der Waals surface area contributed by atoms with Gasteiger partial charge in [0.25, 0.3) is 0 Å². The van der Waals surface area contributed by atoms with E-state index < -0.39 is 5.97 Å². The summed E-state index contributed by atoms with van der Waals surface area (Å²) >= 11 is 1.48. The highest BCUT2D eigenvalue weighted by molar-refractivity contribution is 7.10. The van der Waals surface area contributed by atoms with E-state index in [2.05, 4.69) is 12.2 Å². The maximum absolute atomic E-state index is 10.7. The lowest BCUT2D eigenvalue weighted by Crippen LogP contribution is -2.15. The highest BCUT2D eigenvalue weighted by atomic mass is 32.1. The lowest BCUT2D eigenvalue weighted by molar-refractivity contribution is 0.0697. The lowest BCUT2D eigenvalue weighted by atomic mass is 10.3. The van der Waals surface area contributed by atoms with Gasteiger partial charge in [0.1, 0.15) is 0 Å². The van der Waals surface area contributed by atoms with Crippen molar-refractivity contribution >= 4 is 17.3 Å². The molecule has 0 radical (unpaired) electrons. The molecule has 0 spiro atoms. The molecule has 0 aromatic carbocycles. The summed E-state index contributed by atoms with van der Waals surface area (Å²) in [6.07, 6.45) is 3.28. The van der Waals surface area contributed by atoms with Gasteiger partial charge in [0.15, 0.2) is 0 Å². The van der Waals surface area contributed by atoms with Crippen molar-refractivity contribution in [1.29, 1.82) is 0 Å². The first-order valence-corrected chi connectivity index (χ1v) is 7.21. The van der Waals surface area contributed by atoms with Crippen molar-refractivity contribution < 1.29 is 14.6 Å². The fourth-order valence-corrected chi connectivity index (χ4v) is 2.27. The standard InChI is InChI=1S/C13H21NO3S/c1-2-3-6-17-7-4-5-14-9-12-8-11(10-18-12)13(15)16/h8,10,14H,2-7,9H2,1H3,(H,15,16). The van der Waals surface area contributed by atoms with Crippen LogP contribution in [0.15, 0.2) is 11.4 Å². The van der Waals surface area contributed by atoms with Crippen LogP contribution >= 0.6 is 11.3 Å². The van der Waals surface area contributed by atoms with Gasteiger partial charge in [-0.2, -0.15) is 0 Å². The summed E-state index contributed by atoms with van der Waals surface area (Å²) in [5.41, 5.74) is 0.375. The Labute approximate surface area is 112 Å². The van der Waals surface area contributed by atoms with Crippen molar-refractivity contribution in [2.75, 3.05) is 19.8 Å². The number of unbranched alkanes of at least 4 members (excludes halogenated alkanes) is 1. The summed E-state index contributed by atoms with van der Waals surface area (Å²) in [6, 6.07) is 1.72. The number of rotatable bonds is 10. The van der Waals surface area contributed by atoms with E-state index in [-0.39, 0.29) is 0 Å². The number of hydrogen-bond acceptors (Lipinski definition) is 4. The minimum atomic E-state index is -0.859. The number of nitrogens with one attached hydrogen (secondary N) is 1. The van der Waals surface area contributed by atoms with E-state index in [0.717, 1.165) is 44.0 Å². The highest BCUT2D eigenvalue weighted by Crippen LogP contribution is 2.14. The van der Waals surface area contributed by atoms with E-state index in [4.69, 9.17) is 9.84 Å². The van der Waals surface area contributed by atoms with Crippen LogP contribution in [0.4, 0.5) is 0 Å². The van der Waals surface area contributed by atoms with Crippen LogP contribution < -0.4 is 5.32 Å². The molecule has 0 saturated heterocycles. The first-order chi connectivity index (χ1) is 8.74. The number of thiophene rings is 1. The van der Waals surface area contributed by atoms with Crippen LogP contribution in [-0.2, 0) is 11.3 Å². The summed E-state index contributed by atoms with van der Waals surface area (Å²) in [7, 11) is 0. The molecule has 1 aromatic heterocycles. The number of aromatic carboxylic acids is 1. The molecule has 0 unspecified atom stereocenters. The Morgan fingerprint density at radius 3 is 2.89 bits per heavy atom. The number of carboxylic acids is 1. The van der Waals surface area contributed by atoms with E-state index in [0.29, 0.717) is 5.56 Å². The van der Waals surface area contributed by atoms with Crippen LogP contribution in [0.5, 0.6) is 0 Å². The van der Waals surface area contributed by atoms with Crippen LogP contribution in [0.3, 0.4) is 0 Å². The van der Waals surface area contributed by atoms with Crippen LogP contribution in [-0.4, -0.2) is 30.8 Å². The Hall–Kier alpha value is -0.910. The van der Waals surface area contributed by atoms with E-state index in [1.54, 1.807) is 11.4 Å². The molecule has 0 amide bonds. The highest BCUT2D eigenvalue weighted by Gasteiger charge is 2.05. The van der Waals surface area contributed by atoms with Crippen LogP contribution in [0.2, 0.25) is 0 Å². The molecule has 1 heterocycles. The summed E-state index contributed by atoms with van der Waals surface area (Å²) in [6.45, 7) is 5.41. The van der Waals surface area contributed by atoms with Crippen molar-refractivity contribution in [3.63, 3.8) is 0 Å². The third-order valence-electron chi connectivity index (χ3n) is 2.48. The first-order valence-electron chi connectivity index (χ1n) is 6.33. The SMILES string of the molecule is CCCCOCCCNCc1cc(C(=O)O)cs1.